The van der Waals surface area contributed by atoms with E-state index in [1.54, 1.807) is 0 Å². The summed E-state index contributed by atoms with van der Waals surface area (Å²) in [6.07, 6.45) is 16.1. The zero-order valence-electron chi connectivity index (χ0n) is 5.75. The van der Waals surface area contributed by atoms with E-state index in [1.165, 1.54) is 11.1 Å². The van der Waals surface area contributed by atoms with Crippen molar-refractivity contribution in [2.75, 3.05) is 0 Å². The topological polar surface area (TPSA) is 0 Å². The molecule has 0 saturated carbocycles. The van der Waals surface area contributed by atoms with Crippen LogP contribution in [0.15, 0.2) is 47.6 Å². The van der Waals surface area contributed by atoms with E-state index >= 15 is 0 Å². The molecular formula is C10H9. The van der Waals surface area contributed by atoms with E-state index in [0.717, 1.165) is 6.42 Å². The van der Waals surface area contributed by atoms with Crippen molar-refractivity contribution in [2.45, 2.75) is 6.42 Å². The van der Waals surface area contributed by atoms with Crippen molar-refractivity contribution in [3.05, 3.63) is 54.0 Å². The summed E-state index contributed by atoms with van der Waals surface area (Å²) in [5.41, 5.74) is 2.73. The van der Waals surface area contributed by atoms with Gasteiger partial charge >= 0.3 is 0 Å². The van der Waals surface area contributed by atoms with Gasteiger partial charge in [-0.25, -0.2) is 0 Å². The van der Waals surface area contributed by atoms with Crippen LogP contribution < -0.4 is 0 Å². The fourth-order valence-corrected chi connectivity index (χ4v) is 1.26. The van der Waals surface area contributed by atoms with Gasteiger partial charge in [0, 0.05) is 0 Å². The molecule has 0 heteroatoms. The van der Waals surface area contributed by atoms with Crippen LogP contribution in [-0.2, 0) is 0 Å². The molecule has 0 heterocycles. The summed E-state index contributed by atoms with van der Waals surface area (Å²) in [7, 11) is 0. The molecule has 10 heavy (non-hydrogen) atoms. The Morgan fingerprint density at radius 3 is 3.00 bits per heavy atom. The van der Waals surface area contributed by atoms with Crippen molar-refractivity contribution < 1.29 is 0 Å². The lowest BCUT2D eigenvalue weighted by molar-refractivity contribution is 1.32. The smallest absolute Gasteiger partial charge is 0.00492 e. The second-order valence-electron chi connectivity index (χ2n) is 2.47. The van der Waals surface area contributed by atoms with Crippen molar-refractivity contribution in [1.82, 2.24) is 0 Å². The zero-order chi connectivity index (χ0) is 6.81. The van der Waals surface area contributed by atoms with Crippen molar-refractivity contribution in [2.24, 2.45) is 0 Å². The second-order valence-corrected chi connectivity index (χ2v) is 2.47. The zero-order valence-corrected chi connectivity index (χ0v) is 5.75. The fourth-order valence-electron chi connectivity index (χ4n) is 1.26. The minimum absolute atomic E-state index is 1.10. The molecule has 0 aromatic heterocycles. The Morgan fingerprint density at radius 1 is 1.00 bits per heavy atom. The second kappa shape index (κ2) is 2.30. The first-order valence-electron chi connectivity index (χ1n) is 3.55. The third-order valence-corrected chi connectivity index (χ3v) is 1.78. The third kappa shape index (κ3) is 0.860. The normalized spacial score (nSPS) is 21.6. The van der Waals surface area contributed by atoms with E-state index in [0.29, 0.717) is 0 Å². The van der Waals surface area contributed by atoms with Crippen LogP contribution in [0.3, 0.4) is 0 Å². The highest BCUT2D eigenvalue weighted by Crippen LogP contribution is 2.25. The van der Waals surface area contributed by atoms with Crippen LogP contribution >= 0.6 is 0 Å². The Bertz CT molecular complexity index is 249. The molecule has 0 aromatic carbocycles. The summed E-state index contributed by atoms with van der Waals surface area (Å²) >= 11 is 0. The maximum atomic E-state index is 2.25. The molecule has 0 saturated heterocycles. The van der Waals surface area contributed by atoms with E-state index in [2.05, 4.69) is 42.9 Å². The third-order valence-electron chi connectivity index (χ3n) is 1.78. The maximum Gasteiger partial charge on any atom is -0.00492 e. The van der Waals surface area contributed by atoms with Gasteiger partial charge in [-0.1, -0.05) is 36.5 Å². The molecule has 2 aliphatic carbocycles. The molecule has 0 aromatic rings. The van der Waals surface area contributed by atoms with Crippen LogP contribution in [0.2, 0.25) is 0 Å². The first-order valence-corrected chi connectivity index (χ1v) is 3.55. The summed E-state index contributed by atoms with van der Waals surface area (Å²) in [5, 5.41) is 0. The quantitative estimate of drug-likeness (QED) is 0.471. The maximum absolute atomic E-state index is 2.25. The van der Waals surface area contributed by atoms with Gasteiger partial charge in [-0.3, -0.25) is 0 Å². The van der Waals surface area contributed by atoms with Crippen molar-refractivity contribution in [3.63, 3.8) is 0 Å². The molecule has 0 nitrogen and oxygen atoms in total. The number of hydrogen-bond donors (Lipinski definition) is 0. The SMILES string of the molecule is [CH]1CC=C2C=CC=CC=C12. The van der Waals surface area contributed by atoms with Crippen molar-refractivity contribution in [1.29, 1.82) is 0 Å². The van der Waals surface area contributed by atoms with Crippen molar-refractivity contribution >= 4 is 0 Å². The molecule has 0 atom stereocenters. The molecule has 2 aliphatic rings. The average Bonchev–Trinajstić information content (AvgIpc) is 2.28. The summed E-state index contributed by atoms with van der Waals surface area (Å²) < 4.78 is 0. The summed E-state index contributed by atoms with van der Waals surface area (Å²) in [5.74, 6) is 0. The number of allylic oxidation sites excluding steroid dienone is 8. The van der Waals surface area contributed by atoms with Crippen LogP contribution in [-0.4, -0.2) is 0 Å². The van der Waals surface area contributed by atoms with Gasteiger partial charge in [0.1, 0.15) is 0 Å². The Balaban J connectivity index is 2.42. The van der Waals surface area contributed by atoms with Gasteiger partial charge < -0.3 is 0 Å². The first kappa shape index (κ1) is 5.72. The fraction of sp³-hybridized carbons (Fsp3) is 0.100. The Hall–Kier alpha value is -1.04. The Kier molecular flexibility index (Phi) is 1.31. The molecule has 0 aliphatic heterocycles. The molecule has 0 N–H and O–H groups in total. The van der Waals surface area contributed by atoms with E-state index < -0.39 is 0 Å². The largest absolute Gasteiger partial charge is 0.0763 e. The molecule has 0 unspecified atom stereocenters. The van der Waals surface area contributed by atoms with Crippen LogP contribution in [0.1, 0.15) is 6.42 Å². The highest BCUT2D eigenvalue weighted by atomic mass is 14.1. The monoisotopic (exact) mass is 129 g/mol. The van der Waals surface area contributed by atoms with Gasteiger partial charge in [0.25, 0.3) is 0 Å². The van der Waals surface area contributed by atoms with Gasteiger partial charge in [-0.2, -0.15) is 0 Å². The lowest BCUT2D eigenvalue weighted by atomic mass is 10.1. The van der Waals surface area contributed by atoms with Crippen LogP contribution in [0.5, 0.6) is 0 Å². The predicted octanol–water partition coefficient (Wildman–Crippen LogP) is 2.57. The Labute approximate surface area is 61.3 Å². The average molecular weight is 129 g/mol. The van der Waals surface area contributed by atoms with Gasteiger partial charge in [0.05, 0.1) is 0 Å². The van der Waals surface area contributed by atoms with E-state index in [9.17, 15) is 0 Å². The highest BCUT2D eigenvalue weighted by molar-refractivity contribution is 5.52. The molecule has 1 radical (unpaired) electrons. The van der Waals surface area contributed by atoms with E-state index in [1.807, 2.05) is 0 Å². The highest BCUT2D eigenvalue weighted by Gasteiger charge is 2.07. The van der Waals surface area contributed by atoms with E-state index in [-0.39, 0.29) is 0 Å². The van der Waals surface area contributed by atoms with Gasteiger partial charge in [-0.15, -0.1) is 0 Å². The number of rotatable bonds is 0. The summed E-state index contributed by atoms with van der Waals surface area (Å²) in [4.78, 5) is 0. The molecule has 49 valence electrons. The lowest BCUT2D eigenvalue weighted by Gasteiger charge is -1.93. The van der Waals surface area contributed by atoms with Crippen LogP contribution in [0.25, 0.3) is 0 Å². The Morgan fingerprint density at radius 2 is 2.00 bits per heavy atom. The van der Waals surface area contributed by atoms with Gasteiger partial charge in [0.2, 0.25) is 0 Å². The minimum atomic E-state index is 1.10. The molecule has 0 bridgehead atoms. The predicted molar refractivity (Wildman–Crippen MR) is 43.4 cm³/mol. The molecule has 0 fully saturated rings. The van der Waals surface area contributed by atoms with Gasteiger partial charge in [-0.05, 0) is 24.0 Å². The van der Waals surface area contributed by atoms with E-state index in [4.69, 9.17) is 0 Å². The van der Waals surface area contributed by atoms with Crippen LogP contribution in [0.4, 0.5) is 0 Å². The van der Waals surface area contributed by atoms with Crippen LogP contribution in [0, 0.1) is 6.42 Å². The number of hydrogen-bond acceptors (Lipinski definition) is 0. The standard InChI is InChI=1S/C10H9/c1-2-5-9-7-4-8-10(9)6-3-1/h1-3,5-8H,4H2. The molecular weight excluding hydrogens is 120 g/mol. The lowest BCUT2D eigenvalue weighted by Crippen LogP contribution is -1.76. The summed E-state index contributed by atoms with van der Waals surface area (Å²) in [6.45, 7) is 0. The molecule has 0 spiro atoms. The first-order chi connectivity index (χ1) is 4.97. The molecule has 0 amide bonds. The summed E-state index contributed by atoms with van der Waals surface area (Å²) in [6, 6.07) is 0. The molecule has 2 rings (SSSR count). The van der Waals surface area contributed by atoms with Gasteiger partial charge in [0.15, 0.2) is 0 Å². The number of fused-ring (bicyclic) bond motifs is 1. The van der Waals surface area contributed by atoms with Crippen molar-refractivity contribution in [3.8, 4) is 0 Å². The minimum Gasteiger partial charge on any atom is -0.0763 e.